The third kappa shape index (κ3) is 7.34. The predicted octanol–water partition coefficient (Wildman–Crippen LogP) is 3.05. The van der Waals surface area contributed by atoms with E-state index in [0.29, 0.717) is 61.9 Å². The van der Waals surface area contributed by atoms with E-state index in [0.717, 1.165) is 37.4 Å². The van der Waals surface area contributed by atoms with Gasteiger partial charge in [-0.2, -0.15) is 20.1 Å². The fourth-order valence-electron chi connectivity index (χ4n) is 4.21. The average molecular weight is 522 g/mol. The van der Waals surface area contributed by atoms with Gasteiger partial charge in [-0.15, -0.1) is 12.8 Å². The SMILES string of the molecule is C#C.FC1CCN(c2nc(Nc3cc(C4CC4)[nH]n3)nc(N3CCCC3)n2)CC1.O=CNc1cnccn1. The Labute approximate surface area is 220 Å². The maximum absolute atomic E-state index is 13.5. The Kier molecular flexibility index (Phi) is 9.33. The van der Waals surface area contributed by atoms with Gasteiger partial charge in [0.2, 0.25) is 24.3 Å². The Balaban J connectivity index is 0.000000259. The molecule has 1 aliphatic carbocycles. The summed E-state index contributed by atoms with van der Waals surface area (Å²) in [5, 5.41) is 13.0. The first-order chi connectivity index (χ1) is 18.7. The molecule has 12 nitrogen and oxygen atoms in total. The van der Waals surface area contributed by atoms with E-state index >= 15 is 0 Å². The molecule has 0 unspecified atom stereocenters. The summed E-state index contributed by atoms with van der Waals surface area (Å²) in [7, 11) is 0. The molecule has 0 aromatic carbocycles. The van der Waals surface area contributed by atoms with Crippen LogP contribution in [0.2, 0.25) is 0 Å². The minimum absolute atomic E-state index is 0.465. The lowest BCUT2D eigenvalue weighted by Gasteiger charge is -2.29. The molecular formula is C25H32FN11O. The molecule has 2 aliphatic heterocycles. The van der Waals surface area contributed by atoms with Gasteiger partial charge < -0.3 is 20.4 Å². The number of hydrogen-bond acceptors (Lipinski definition) is 10. The van der Waals surface area contributed by atoms with Crippen LogP contribution in [0.4, 0.5) is 33.9 Å². The summed E-state index contributed by atoms with van der Waals surface area (Å²) in [4.78, 5) is 35.5. The van der Waals surface area contributed by atoms with Crippen LogP contribution >= 0.6 is 0 Å². The summed E-state index contributed by atoms with van der Waals surface area (Å²) in [5.74, 6) is 3.62. The molecule has 3 aromatic rings. The number of hydrogen-bond donors (Lipinski definition) is 3. The molecular weight excluding hydrogens is 489 g/mol. The highest BCUT2D eigenvalue weighted by Crippen LogP contribution is 2.39. The molecule has 3 aromatic heterocycles. The van der Waals surface area contributed by atoms with Gasteiger partial charge in [-0.05, 0) is 38.5 Å². The standard InChI is InChI=1S/C18H25FN8.C5H5N3O.C2H2/c19-13-5-9-27(10-6-13)18-22-16(21-17(23-18)26-7-1-2-8-26)20-15-11-14(24-25-15)12-3-4-12;9-4-8-5-3-6-1-2-7-5;1-2/h11-13H,1-10H2,(H2,20,21,22,23,24,25);1-4H,(H,7,8,9);1-2H. The van der Waals surface area contributed by atoms with E-state index in [1.807, 2.05) is 6.07 Å². The molecule has 2 saturated heterocycles. The van der Waals surface area contributed by atoms with Crippen molar-refractivity contribution in [3.05, 3.63) is 30.4 Å². The molecule has 0 radical (unpaired) electrons. The lowest BCUT2D eigenvalue weighted by atomic mass is 10.1. The molecule has 0 atom stereocenters. The topological polar surface area (TPSA) is 141 Å². The largest absolute Gasteiger partial charge is 0.341 e. The highest BCUT2D eigenvalue weighted by atomic mass is 19.1. The summed E-state index contributed by atoms with van der Waals surface area (Å²) in [6, 6.07) is 2.03. The van der Waals surface area contributed by atoms with E-state index < -0.39 is 6.17 Å². The normalized spacial score (nSPS) is 17.0. The van der Waals surface area contributed by atoms with Crippen LogP contribution in [0.15, 0.2) is 24.7 Å². The minimum atomic E-state index is -0.719. The second-order valence-corrected chi connectivity index (χ2v) is 9.08. The highest BCUT2D eigenvalue weighted by molar-refractivity contribution is 5.67. The van der Waals surface area contributed by atoms with Gasteiger partial charge in [-0.1, -0.05) is 0 Å². The zero-order valence-corrected chi connectivity index (χ0v) is 21.1. The number of alkyl halides is 1. The monoisotopic (exact) mass is 521 g/mol. The Bertz CT molecular complexity index is 1170. The van der Waals surface area contributed by atoms with Crippen molar-refractivity contribution in [3.8, 4) is 12.8 Å². The van der Waals surface area contributed by atoms with Crippen molar-refractivity contribution in [1.29, 1.82) is 0 Å². The first-order valence-electron chi connectivity index (χ1n) is 12.7. The molecule has 1 saturated carbocycles. The number of aromatic nitrogens is 7. The summed E-state index contributed by atoms with van der Waals surface area (Å²) in [5.41, 5.74) is 1.16. The van der Waals surface area contributed by atoms with Crippen LogP contribution in [0, 0.1) is 12.8 Å². The van der Waals surface area contributed by atoms with E-state index in [1.165, 1.54) is 31.4 Å². The van der Waals surface area contributed by atoms with Crippen molar-refractivity contribution >= 4 is 35.9 Å². The Morgan fingerprint density at radius 1 is 0.947 bits per heavy atom. The minimum Gasteiger partial charge on any atom is -0.341 e. The Hall–Kier alpha value is -4.34. The maximum atomic E-state index is 13.5. The highest BCUT2D eigenvalue weighted by Gasteiger charge is 2.26. The summed E-state index contributed by atoms with van der Waals surface area (Å²) in [6.45, 7) is 3.20. The second-order valence-electron chi connectivity index (χ2n) is 9.08. The van der Waals surface area contributed by atoms with E-state index in [9.17, 15) is 9.18 Å². The van der Waals surface area contributed by atoms with E-state index in [2.05, 4.69) is 68.4 Å². The molecule has 13 heteroatoms. The van der Waals surface area contributed by atoms with Crippen LogP contribution in [-0.4, -0.2) is 73.9 Å². The molecule has 3 aliphatic rings. The first-order valence-corrected chi connectivity index (χ1v) is 12.7. The van der Waals surface area contributed by atoms with Gasteiger partial charge in [-0.25, -0.2) is 9.37 Å². The number of nitrogens with zero attached hydrogens (tertiary/aromatic N) is 8. The number of aromatic amines is 1. The molecule has 6 rings (SSSR count). The van der Waals surface area contributed by atoms with Gasteiger partial charge in [0.25, 0.3) is 0 Å². The van der Waals surface area contributed by atoms with Gasteiger partial charge in [-0.3, -0.25) is 14.9 Å². The molecule has 0 spiro atoms. The number of H-pyrrole nitrogens is 1. The van der Waals surface area contributed by atoms with Gasteiger partial charge in [0.05, 0.1) is 6.20 Å². The summed E-state index contributed by atoms with van der Waals surface area (Å²) < 4.78 is 13.5. The Morgan fingerprint density at radius 3 is 2.24 bits per heavy atom. The van der Waals surface area contributed by atoms with Crippen LogP contribution in [0.1, 0.15) is 50.1 Å². The lowest BCUT2D eigenvalue weighted by Crippen LogP contribution is -2.36. The van der Waals surface area contributed by atoms with Crippen LogP contribution < -0.4 is 20.4 Å². The fourth-order valence-corrected chi connectivity index (χ4v) is 4.21. The van der Waals surface area contributed by atoms with Crippen molar-refractivity contribution in [2.24, 2.45) is 0 Å². The number of piperidine rings is 1. The molecule has 38 heavy (non-hydrogen) atoms. The fraction of sp³-hybridized carbons (Fsp3) is 0.480. The third-order valence-electron chi connectivity index (χ3n) is 6.33. The molecule has 1 amide bonds. The number of nitrogens with one attached hydrogen (secondary N) is 3. The number of carbonyl (C=O) groups excluding carboxylic acids is 1. The molecule has 200 valence electrons. The first kappa shape index (κ1) is 26.7. The number of terminal acetylenes is 1. The molecule has 5 heterocycles. The van der Waals surface area contributed by atoms with Gasteiger partial charge in [0, 0.05) is 56.3 Å². The van der Waals surface area contributed by atoms with E-state index in [4.69, 9.17) is 0 Å². The number of halogens is 1. The number of anilines is 5. The van der Waals surface area contributed by atoms with Crippen LogP contribution in [-0.2, 0) is 4.79 Å². The van der Waals surface area contributed by atoms with Crippen molar-refractivity contribution in [2.45, 2.75) is 50.6 Å². The molecule has 0 bridgehead atoms. The van der Waals surface area contributed by atoms with E-state index in [1.54, 1.807) is 0 Å². The van der Waals surface area contributed by atoms with Crippen molar-refractivity contribution in [1.82, 2.24) is 35.1 Å². The van der Waals surface area contributed by atoms with Crippen LogP contribution in [0.5, 0.6) is 0 Å². The third-order valence-corrected chi connectivity index (χ3v) is 6.33. The van der Waals surface area contributed by atoms with Gasteiger partial charge in [0.1, 0.15) is 6.17 Å². The maximum Gasteiger partial charge on any atom is 0.235 e. The van der Waals surface area contributed by atoms with Crippen molar-refractivity contribution in [2.75, 3.05) is 46.6 Å². The number of carbonyl (C=O) groups is 1. The smallest absolute Gasteiger partial charge is 0.235 e. The van der Waals surface area contributed by atoms with E-state index in [-0.39, 0.29) is 0 Å². The second kappa shape index (κ2) is 13.3. The summed E-state index contributed by atoms with van der Waals surface area (Å²) in [6.07, 6.45) is 18.2. The van der Waals surface area contributed by atoms with Gasteiger partial charge >= 0.3 is 0 Å². The molecule has 3 fully saturated rings. The van der Waals surface area contributed by atoms with Crippen LogP contribution in [0.25, 0.3) is 0 Å². The predicted molar refractivity (Wildman–Crippen MR) is 143 cm³/mol. The van der Waals surface area contributed by atoms with Crippen molar-refractivity contribution < 1.29 is 9.18 Å². The lowest BCUT2D eigenvalue weighted by molar-refractivity contribution is -0.105. The van der Waals surface area contributed by atoms with Crippen LogP contribution in [0.3, 0.4) is 0 Å². The zero-order chi connectivity index (χ0) is 26.7. The quantitative estimate of drug-likeness (QED) is 0.314. The summed E-state index contributed by atoms with van der Waals surface area (Å²) >= 11 is 0. The van der Waals surface area contributed by atoms with Crippen molar-refractivity contribution in [3.63, 3.8) is 0 Å². The average Bonchev–Trinajstić information content (AvgIpc) is 3.44. The number of rotatable bonds is 7. The molecule has 3 N–H and O–H groups in total. The Morgan fingerprint density at radius 2 is 1.63 bits per heavy atom. The number of amides is 1. The zero-order valence-electron chi connectivity index (χ0n) is 21.1. The van der Waals surface area contributed by atoms with Gasteiger partial charge in [0.15, 0.2) is 11.6 Å².